The number of rotatable bonds is 7. The number of nitrogens with one attached hydrogen (secondary N) is 2. The maximum absolute atomic E-state index is 13.7. The quantitative estimate of drug-likeness (QED) is 0.262. The number of carbonyl (C=O) groups is 1. The summed E-state index contributed by atoms with van der Waals surface area (Å²) in [6, 6.07) is 15.4. The molecule has 0 bridgehead atoms. The fourth-order valence-electron chi connectivity index (χ4n) is 4.62. The molecule has 0 radical (unpaired) electrons. The number of phenolic OH excluding ortho intramolecular Hbond substituents is 1. The molecule has 37 heavy (non-hydrogen) atoms. The van der Waals surface area contributed by atoms with Crippen LogP contribution in [0.25, 0.3) is 22.2 Å². The third kappa shape index (κ3) is 5.20. The molecule has 4 N–H and O–H groups in total. The number of pyridine rings is 2. The SMILES string of the molecule is CC(C)c1cccc(C(C)C)c1NC(=O)Nc1c(-c2cccc(O)c2)c2cccnc2n(CCO)c1=O. The number of hydrogen-bond donors (Lipinski definition) is 4. The van der Waals surface area contributed by atoms with Gasteiger partial charge in [-0.2, -0.15) is 0 Å². The first kappa shape index (κ1) is 25.9. The van der Waals surface area contributed by atoms with E-state index < -0.39 is 11.6 Å². The normalized spacial score (nSPS) is 11.3. The van der Waals surface area contributed by atoms with Crippen LogP contribution in [-0.4, -0.2) is 32.4 Å². The van der Waals surface area contributed by atoms with Crippen LogP contribution in [-0.2, 0) is 6.54 Å². The van der Waals surface area contributed by atoms with Gasteiger partial charge in [0, 0.05) is 22.8 Å². The number of para-hydroxylation sites is 1. The smallest absolute Gasteiger partial charge is 0.323 e. The van der Waals surface area contributed by atoms with Crippen LogP contribution in [0.3, 0.4) is 0 Å². The Kier molecular flexibility index (Phi) is 7.59. The first-order chi connectivity index (χ1) is 17.7. The maximum atomic E-state index is 13.7. The molecule has 2 aromatic heterocycles. The summed E-state index contributed by atoms with van der Waals surface area (Å²) in [7, 11) is 0. The highest BCUT2D eigenvalue weighted by Gasteiger charge is 2.22. The zero-order valence-corrected chi connectivity index (χ0v) is 21.4. The van der Waals surface area contributed by atoms with E-state index in [4.69, 9.17) is 0 Å². The standard InChI is InChI=1S/C29H32N4O4/c1-17(2)21-10-6-11-22(18(3)4)25(21)31-29(37)32-26-24(19-8-5-9-20(35)16-19)23-12-7-13-30-27(23)33(14-15-34)28(26)36/h5-13,16-18,34-35H,14-15H2,1-4H3,(H2,31,32,37). The van der Waals surface area contributed by atoms with Gasteiger partial charge < -0.3 is 20.8 Å². The van der Waals surface area contributed by atoms with Crippen molar-refractivity contribution in [3.05, 3.63) is 82.3 Å². The summed E-state index contributed by atoms with van der Waals surface area (Å²) in [6.07, 6.45) is 1.57. The second-order valence-electron chi connectivity index (χ2n) is 9.56. The van der Waals surface area contributed by atoms with E-state index in [2.05, 4.69) is 43.3 Å². The van der Waals surface area contributed by atoms with Gasteiger partial charge in [-0.3, -0.25) is 9.36 Å². The molecule has 0 aliphatic carbocycles. The largest absolute Gasteiger partial charge is 0.508 e. The van der Waals surface area contributed by atoms with Crippen LogP contribution in [0.15, 0.2) is 65.6 Å². The molecule has 0 unspecified atom stereocenters. The zero-order chi connectivity index (χ0) is 26.7. The van der Waals surface area contributed by atoms with Gasteiger partial charge >= 0.3 is 6.03 Å². The molecular formula is C29H32N4O4. The van der Waals surface area contributed by atoms with Gasteiger partial charge in [0.05, 0.1) is 13.2 Å². The highest BCUT2D eigenvalue weighted by atomic mass is 16.3. The number of carbonyl (C=O) groups excluding carboxylic acids is 1. The Balaban J connectivity index is 1.89. The van der Waals surface area contributed by atoms with E-state index in [1.807, 2.05) is 18.2 Å². The predicted molar refractivity (Wildman–Crippen MR) is 147 cm³/mol. The summed E-state index contributed by atoms with van der Waals surface area (Å²) in [4.78, 5) is 31.5. The predicted octanol–water partition coefficient (Wildman–Crippen LogP) is 5.65. The van der Waals surface area contributed by atoms with Crippen molar-refractivity contribution in [1.82, 2.24) is 9.55 Å². The van der Waals surface area contributed by atoms with Crippen molar-refractivity contribution in [1.29, 1.82) is 0 Å². The molecule has 0 aliphatic heterocycles. The average molecular weight is 501 g/mol. The van der Waals surface area contributed by atoms with E-state index >= 15 is 0 Å². The number of aromatic hydroxyl groups is 1. The Morgan fingerprint density at radius 1 is 0.946 bits per heavy atom. The molecule has 4 rings (SSSR count). The molecule has 2 aromatic carbocycles. The molecule has 0 atom stereocenters. The van der Waals surface area contributed by atoms with Crippen molar-refractivity contribution in [2.45, 2.75) is 46.1 Å². The van der Waals surface area contributed by atoms with Crippen molar-refractivity contribution >= 4 is 28.4 Å². The van der Waals surface area contributed by atoms with E-state index in [-0.39, 0.29) is 36.4 Å². The summed E-state index contributed by atoms with van der Waals surface area (Å²) < 4.78 is 1.35. The molecule has 2 heterocycles. The number of hydrogen-bond acceptors (Lipinski definition) is 5. The number of amides is 2. The Morgan fingerprint density at radius 2 is 1.59 bits per heavy atom. The number of anilines is 2. The van der Waals surface area contributed by atoms with Crippen molar-refractivity contribution in [3.63, 3.8) is 0 Å². The van der Waals surface area contributed by atoms with Crippen LogP contribution in [0.4, 0.5) is 16.2 Å². The van der Waals surface area contributed by atoms with Crippen LogP contribution in [0.1, 0.15) is 50.7 Å². The van der Waals surface area contributed by atoms with Gasteiger partial charge in [-0.1, -0.05) is 58.0 Å². The number of aliphatic hydroxyl groups is 1. The number of fused-ring (bicyclic) bond motifs is 1. The van der Waals surface area contributed by atoms with Crippen LogP contribution in [0, 0.1) is 0 Å². The van der Waals surface area contributed by atoms with E-state index in [1.165, 1.54) is 16.7 Å². The Hall–Kier alpha value is -4.17. The van der Waals surface area contributed by atoms with E-state index in [1.54, 1.807) is 30.5 Å². The minimum absolute atomic E-state index is 0.0106. The molecule has 8 nitrogen and oxygen atoms in total. The first-order valence-corrected chi connectivity index (χ1v) is 12.4. The second kappa shape index (κ2) is 10.8. The lowest BCUT2D eigenvalue weighted by molar-refractivity contribution is 0.262. The molecule has 192 valence electrons. The van der Waals surface area contributed by atoms with Gasteiger partial charge in [0.1, 0.15) is 17.1 Å². The Bertz CT molecular complexity index is 1480. The number of aromatic nitrogens is 2. The maximum Gasteiger partial charge on any atom is 0.323 e. The molecule has 0 spiro atoms. The fraction of sp³-hybridized carbons (Fsp3) is 0.276. The van der Waals surface area contributed by atoms with Gasteiger partial charge in [0.25, 0.3) is 5.56 Å². The van der Waals surface area contributed by atoms with E-state index in [0.717, 1.165) is 16.8 Å². The van der Waals surface area contributed by atoms with Gasteiger partial charge in [0.15, 0.2) is 0 Å². The molecule has 0 aliphatic rings. The van der Waals surface area contributed by atoms with Gasteiger partial charge in [-0.05, 0) is 52.8 Å². The van der Waals surface area contributed by atoms with Crippen molar-refractivity contribution in [3.8, 4) is 16.9 Å². The Labute approximate surface area is 215 Å². The lowest BCUT2D eigenvalue weighted by Gasteiger charge is -2.21. The number of aliphatic hydroxyl groups excluding tert-OH is 1. The summed E-state index contributed by atoms with van der Waals surface area (Å²) in [5, 5.41) is 26.2. The van der Waals surface area contributed by atoms with E-state index in [9.17, 15) is 19.8 Å². The zero-order valence-electron chi connectivity index (χ0n) is 21.4. The fourth-order valence-corrected chi connectivity index (χ4v) is 4.62. The number of phenols is 1. The molecule has 0 fully saturated rings. The summed E-state index contributed by atoms with van der Waals surface area (Å²) in [6.45, 7) is 7.98. The third-order valence-electron chi connectivity index (χ3n) is 6.33. The van der Waals surface area contributed by atoms with Crippen molar-refractivity contribution in [2.24, 2.45) is 0 Å². The topological polar surface area (TPSA) is 116 Å². The number of urea groups is 1. The first-order valence-electron chi connectivity index (χ1n) is 12.4. The van der Waals surface area contributed by atoms with Crippen LogP contribution in [0.2, 0.25) is 0 Å². The number of benzene rings is 2. The minimum atomic E-state index is -0.563. The van der Waals surface area contributed by atoms with Crippen LogP contribution in [0.5, 0.6) is 5.75 Å². The second-order valence-corrected chi connectivity index (χ2v) is 9.56. The third-order valence-corrected chi connectivity index (χ3v) is 6.33. The summed E-state index contributed by atoms with van der Waals surface area (Å²) >= 11 is 0. The number of nitrogens with zero attached hydrogens (tertiary/aromatic N) is 2. The van der Waals surface area contributed by atoms with E-state index in [0.29, 0.717) is 22.2 Å². The molecule has 4 aromatic rings. The monoisotopic (exact) mass is 500 g/mol. The highest BCUT2D eigenvalue weighted by molar-refractivity contribution is 6.07. The highest BCUT2D eigenvalue weighted by Crippen LogP contribution is 2.35. The lowest BCUT2D eigenvalue weighted by Crippen LogP contribution is -2.31. The molecule has 2 amide bonds. The van der Waals surface area contributed by atoms with Gasteiger partial charge in [-0.25, -0.2) is 9.78 Å². The molecular weight excluding hydrogens is 468 g/mol. The molecule has 0 saturated heterocycles. The summed E-state index contributed by atoms with van der Waals surface area (Å²) in [5.41, 5.74) is 3.60. The lowest BCUT2D eigenvalue weighted by atomic mass is 9.93. The van der Waals surface area contributed by atoms with Crippen molar-refractivity contribution < 1.29 is 15.0 Å². The summed E-state index contributed by atoms with van der Waals surface area (Å²) in [5.74, 6) is 0.368. The van der Waals surface area contributed by atoms with Crippen molar-refractivity contribution in [2.75, 3.05) is 17.2 Å². The Morgan fingerprint density at radius 3 is 2.22 bits per heavy atom. The minimum Gasteiger partial charge on any atom is -0.508 e. The van der Waals surface area contributed by atoms with Gasteiger partial charge in [-0.15, -0.1) is 0 Å². The van der Waals surface area contributed by atoms with Gasteiger partial charge in [0.2, 0.25) is 0 Å². The van der Waals surface area contributed by atoms with Crippen LogP contribution < -0.4 is 16.2 Å². The molecule has 0 saturated carbocycles. The molecule has 8 heteroatoms. The van der Waals surface area contributed by atoms with Crippen LogP contribution >= 0.6 is 0 Å². The average Bonchev–Trinajstić information content (AvgIpc) is 2.86.